The maximum atomic E-state index is 13.3. The summed E-state index contributed by atoms with van der Waals surface area (Å²) in [5.74, 6) is -0.327. The summed E-state index contributed by atoms with van der Waals surface area (Å²) in [4.78, 5) is 11.6. The minimum Gasteiger partial charge on any atom is -0.481 e. The number of carbonyl (C=O) groups excluding carboxylic acids is 1. The number of halogens is 2. The minimum atomic E-state index is -0.483. The summed E-state index contributed by atoms with van der Waals surface area (Å²) in [6.07, 6.45) is 0. The first-order chi connectivity index (χ1) is 8.40. The third-order valence-corrected chi connectivity index (χ3v) is 3.13. The average Bonchev–Trinajstić information content (AvgIpc) is 2.30. The zero-order valence-electron chi connectivity index (χ0n) is 10.7. The molecule has 0 spiro atoms. The van der Waals surface area contributed by atoms with Crippen molar-refractivity contribution in [2.45, 2.75) is 26.8 Å². The van der Waals surface area contributed by atoms with Crippen LogP contribution in [0.1, 0.15) is 20.8 Å². The van der Waals surface area contributed by atoms with Gasteiger partial charge in [-0.3, -0.25) is 4.79 Å². The second-order valence-electron chi connectivity index (χ2n) is 4.46. The first-order valence-electron chi connectivity index (χ1n) is 5.77. The van der Waals surface area contributed by atoms with Crippen molar-refractivity contribution in [1.82, 2.24) is 5.32 Å². The topological polar surface area (TPSA) is 38.3 Å². The molecule has 0 bridgehead atoms. The Bertz CT molecular complexity index is 423. The smallest absolute Gasteiger partial charge is 0.258 e. The monoisotopic (exact) mass is 317 g/mol. The van der Waals surface area contributed by atoms with Gasteiger partial charge in [-0.2, -0.15) is 0 Å². The van der Waals surface area contributed by atoms with E-state index in [4.69, 9.17) is 4.74 Å². The SMILES string of the molecule is CC(C)C(C)NC(=O)COc1cc(Br)ccc1F. The van der Waals surface area contributed by atoms with E-state index in [0.717, 1.165) is 0 Å². The highest BCUT2D eigenvalue weighted by Crippen LogP contribution is 2.22. The molecule has 1 atom stereocenters. The molecular weight excluding hydrogens is 301 g/mol. The maximum absolute atomic E-state index is 13.3. The highest BCUT2D eigenvalue weighted by Gasteiger charge is 2.12. The number of nitrogens with one attached hydrogen (secondary N) is 1. The van der Waals surface area contributed by atoms with Crippen molar-refractivity contribution in [3.05, 3.63) is 28.5 Å². The van der Waals surface area contributed by atoms with Crippen LogP contribution in [0.2, 0.25) is 0 Å². The van der Waals surface area contributed by atoms with E-state index in [1.807, 2.05) is 20.8 Å². The normalized spacial score (nSPS) is 12.3. The van der Waals surface area contributed by atoms with Gasteiger partial charge in [0.05, 0.1) is 0 Å². The molecule has 1 amide bonds. The predicted octanol–water partition coefficient (Wildman–Crippen LogP) is 3.13. The number of amides is 1. The van der Waals surface area contributed by atoms with Gasteiger partial charge in [0.15, 0.2) is 18.2 Å². The summed E-state index contributed by atoms with van der Waals surface area (Å²) in [5.41, 5.74) is 0. The van der Waals surface area contributed by atoms with Crippen LogP contribution in [0, 0.1) is 11.7 Å². The fourth-order valence-electron chi connectivity index (χ4n) is 1.19. The third-order valence-electron chi connectivity index (χ3n) is 2.64. The Balaban J connectivity index is 2.50. The summed E-state index contributed by atoms with van der Waals surface area (Å²) in [5, 5.41) is 2.79. The molecule has 0 saturated carbocycles. The molecule has 0 aliphatic carbocycles. The number of carbonyl (C=O) groups is 1. The number of rotatable bonds is 5. The molecule has 0 aromatic heterocycles. The first kappa shape index (κ1) is 15.0. The Hall–Kier alpha value is -1.10. The van der Waals surface area contributed by atoms with Crippen molar-refractivity contribution < 1.29 is 13.9 Å². The zero-order valence-corrected chi connectivity index (χ0v) is 12.3. The lowest BCUT2D eigenvalue weighted by molar-refractivity contribution is -0.124. The maximum Gasteiger partial charge on any atom is 0.258 e. The van der Waals surface area contributed by atoms with Gasteiger partial charge >= 0.3 is 0 Å². The van der Waals surface area contributed by atoms with Crippen LogP contribution >= 0.6 is 15.9 Å². The van der Waals surface area contributed by atoms with E-state index in [1.54, 1.807) is 6.07 Å². The molecule has 1 aromatic rings. The lowest BCUT2D eigenvalue weighted by Gasteiger charge is -2.17. The van der Waals surface area contributed by atoms with E-state index in [0.29, 0.717) is 10.4 Å². The van der Waals surface area contributed by atoms with Crippen molar-refractivity contribution in [2.75, 3.05) is 6.61 Å². The summed E-state index contributed by atoms with van der Waals surface area (Å²) < 4.78 is 19.2. The van der Waals surface area contributed by atoms with Crippen molar-refractivity contribution in [3.63, 3.8) is 0 Å². The molecular formula is C13H17BrFNO2. The van der Waals surface area contributed by atoms with E-state index in [9.17, 15) is 9.18 Å². The van der Waals surface area contributed by atoms with Gasteiger partial charge in [-0.25, -0.2) is 4.39 Å². The highest BCUT2D eigenvalue weighted by molar-refractivity contribution is 9.10. The van der Waals surface area contributed by atoms with Crippen LogP contribution in [0.5, 0.6) is 5.75 Å². The summed E-state index contributed by atoms with van der Waals surface area (Å²) >= 11 is 3.22. The molecule has 1 unspecified atom stereocenters. The predicted molar refractivity (Wildman–Crippen MR) is 72.0 cm³/mol. The lowest BCUT2D eigenvalue weighted by atomic mass is 10.1. The van der Waals surface area contributed by atoms with E-state index in [1.165, 1.54) is 12.1 Å². The van der Waals surface area contributed by atoms with Crippen LogP contribution in [0.15, 0.2) is 22.7 Å². The van der Waals surface area contributed by atoms with Gasteiger partial charge in [-0.05, 0) is 31.0 Å². The molecule has 18 heavy (non-hydrogen) atoms. The molecule has 1 rings (SSSR count). The molecule has 5 heteroatoms. The van der Waals surface area contributed by atoms with Crippen LogP contribution in [-0.2, 0) is 4.79 Å². The van der Waals surface area contributed by atoms with Crippen LogP contribution < -0.4 is 10.1 Å². The van der Waals surface area contributed by atoms with E-state index in [-0.39, 0.29) is 24.3 Å². The van der Waals surface area contributed by atoms with Crippen LogP contribution in [-0.4, -0.2) is 18.6 Å². The summed E-state index contributed by atoms with van der Waals surface area (Å²) in [7, 11) is 0. The molecule has 1 aromatic carbocycles. The van der Waals surface area contributed by atoms with Gasteiger partial charge in [0.2, 0.25) is 0 Å². The van der Waals surface area contributed by atoms with Gasteiger partial charge in [-0.15, -0.1) is 0 Å². The van der Waals surface area contributed by atoms with Crippen LogP contribution in [0.3, 0.4) is 0 Å². The fourth-order valence-corrected chi connectivity index (χ4v) is 1.53. The molecule has 0 aliphatic heterocycles. The summed E-state index contributed by atoms with van der Waals surface area (Å²) in [6, 6.07) is 4.42. The Kier molecular flexibility index (Phi) is 5.59. The van der Waals surface area contributed by atoms with Crippen LogP contribution in [0.4, 0.5) is 4.39 Å². The van der Waals surface area contributed by atoms with Crippen LogP contribution in [0.25, 0.3) is 0 Å². The van der Waals surface area contributed by atoms with E-state index in [2.05, 4.69) is 21.2 Å². The zero-order chi connectivity index (χ0) is 13.7. The first-order valence-corrected chi connectivity index (χ1v) is 6.56. The average molecular weight is 318 g/mol. The molecule has 3 nitrogen and oxygen atoms in total. The quantitative estimate of drug-likeness (QED) is 0.906. The molecule has 0 saturated heterocycles. The Labute approximate surface area is 115 Å². The standard InChI is InChI=1S/C13H17BrFNO2/c1-8(2)9(3)16-13(17)7-18-12-6-10(14)4-5-11(12)15/h4-6,8-9H,7H2,1-3H3,(H,16,17). The second-order valence-corrected chi connectivity index (χ2v) is 5.38. The van der Waals surface area contributed by atoms with Crippen molar-refractivity contribution in [2.24, 2.45) is 5.92 Å². The Morgan fingerprint density at radius 3 is 2.72 bits per heavy atom. The van der Waals surface area contributed by atoms with Gasteiger partial charge in [0, 0.05) is 10.5 Å². The number of hydrogen-bond acceptors (Lipinski definition) is 2. The molecule has 0 heterocycles. The number of hydrogen-bond donors (Lipinski definition) is 1. The Morgan fingerprint density at radius 1 is 1.44 bits per heavy atom. The van der Waals surface area contributed by atoms with E-state index < -0.39 is 5.82 Å². The molecule has 0 radical (unpaired) electrons. The second kappa shape index (κ2) is 6.73. The van der Waals surface area contributed by atoms with Crippen molar-refractivity contribution in [1.29, 1.82) is 0 Å². The number of ether oxygens (including phenoxy) is 1. The van der Waals surface area contributed by atoms with E-state index >= 15 is 0 Å². The van der Waals surface area contributed by atoms with Gasteiger partial charge in [0.1, 0.15) is 0 Å². The van der Waals surface area contributed by atoms with Gasteiger partial charge < -0.3 is 10.1 Å². The Morgan fingerprint density at radius 2 is 2.11 bits per heavy atom. The molecule has 100 valence electrons. The summed E-state index contributed by atoms with van der Waals surface area (Å²) in [6.45, 7) is 5.76. The third kappa shape index (κ3) is 4.64. The highest BCUT2D eigenvalue weighted by atomic mass is 79.9. The van der Waals surface area contributed by atoms with Gasteiger partial charge in [0.25, 0.3) is 5.91 Å². The largest absolute Gasteiger partial charge is 0.481 e. The minimum absolute atomic E-state index is 0.0634. The van der Waals surface area contributed by atoms with Crippen molar-refractivity contribution in [3.8, 4) is 5.75 Å². The van der Waals surface area contributed by atoms with Crippen molar-refractivity contribution >= 4 is 21.8 Å². The number of benzene rings is 1. The lowest BCUT2D eigenvalue weighted by Crippen LogP contribution is -2.39. The van der Waals surface area contributed by atoms with Gasteiger partial charge in [-0.1, -0.05) is 29.8 Å². The molecule has 1 N–H and O–H groups in total. The molecule has 0 fully saturated rings. The fraction of sp³-hybridized carbons (Fsp3) is 0.462. The molecule has 0 aliphatic rings.